The van der Waals surface area contributed by atoms with Gasteiger partial charge in [0, 0.05) is 0 Å². The van der Waals surface area contributed by atoms with Gasteiger partial charge in [0.15, 0.2) is 5.00 Å². The summed E-state index contributed by atoms with van der Waals surface area (Å²) in [5, 5.41) is 12.4. The second kappa shape index (κ2) is 4.94. The van der Waals surface area contributed by atoms with Gasteiger partial charge in [-0.1, -0.05) is 99.9 Å². The molecule has 0 bridgehead atoms. The zero-order valence-corrected chi connectivity index (χ0v) is 13.6. The molecule has 3 nitrogen and oxygen atoms in total. The highest BCUT2D eigenvalue weighted by molar-refractivity contribution is 6.65. The number of nitrogens with one attached hydrogen (secondary N) is 2. The second-order valence-electron chi connectivity index (χ2n) is 4.05. The van der Waals surface area contributed by atoms with Crippen molar-refractivity contribution in [3.05, 3.63) is 35.9 Å². The molecule has 0 radical (unpaired) electrons. The van der Waals surface area contributed by atoms with E-state index in [0.29, 0.717) is 5.56 Å². The first-order chi connectivity index (χ1) is 8.52. The van der Waals surface area contributed by atoms with Crippen LogP contribution in [0.25, 0.3) is 0 Å². The molecule has 0 spiro atoms. The molecule has 3 N–H and O–H groups in total. The van der Waals surface area contributed by atoms with Crippen LogP contribution in [-0.2, 0) is 5.00 Å². The van der Waals surface area contributed by atoms with Crippen LogP contribution in [-0.4, -0.2) is 19.2 Å². The average Bonchev–Trinajstić information content (AvgIpc) is 2.26. The summed E-state index contributed by atoms with van der Waals surface area (Å²) in [6.07, 6.45) is 0. The molecule has 0 saturated carbocycles. The summed E-state index contributed by atoms with van der Waals surface area (Å²) in [6.45, 7) is 0. The minimum absolute atomic E-state index is 0.438. The molecular weight excluding hydrogens is 377 g/mol. The Balaban J connectivity index is 2.59. The Labute approximate surface area is 140 Å². The van der Waals surface area contributed by atoms with E-state index in [1.165, 1.54) is 0 Å². The van der Waals surface area contributed by atoms with E-state index in [9.17, 15) is 5.11 Å². The van der Waals surface area contributed by atoms with Crippen LogP contribution in [0.15, 0.2) is 30.3 Å². The lowest BCUT2D eigenvalue weighted by Crippen LogP contribution is -2.78. The Morgan fingerprint density at radius 2 is 1.37 bits per heavy atom. The van der Waals surface area contributed by atoms with E-state index in [0.717, 1.165) is 0 Å². The number of hydrogen-bond acceptors (Lipinski definition) is 3. The monoisotopic (exact) mass is 382 g/mol. The fourth-order valence-corrected chi connectivity index (χ4v) is 3.66. The molecule has 19 heavy (non-hydrogen) atoms. The third kappa shape index (κ3) is 2.66. The Hall–Kier alpha value is 0.840. The molecule has 0 aromatic heterocycles. The van der Waals surface area contributed by atoms with Crippen molar-refractivity contribution in [1.82, 2.24) is 10.6 Å². The van der Waals surface area contributed by atoms with Crippen LogP contribution in [0.2, 0.25) is 0 Å². The maximum absolute atomic E-state index is 9.91. The Kier molecular flexibility index (Phi) is 4.22. The van der Waals surface area contributed by atoms with Crippen LogP contribution in [0.3, 0.4) is 0 Å². The topological polar surface area (TPSA) is 44.3 Å². The average molecular weight is 385 g/mol. The van der Waals surface area contributed by atoms with Gasteiger partial charge >= 0.3 is 0 Å². The van der Waals surface area contributed by atoms with Gasteiger partial charge in [-0.2, -0.15) is 0 Å². The quantitative estimate of drug-likeness (QED) is 0.513. The van der Waals surface area contributed by atoms with Gasteiger partial charge in [0.25, 0.3) is 5.31 Å². The summed E-state index contributed by atoms with van der Waals surface area (Å²) in [6, 6.07) is 8.48. The molecule has 1 aromatic rings. The Bertz CT molecular complexity index is 480. The standard InChI is InChI=1S/C10H8Cl6N2O/c11-7(6-4-2-1-3-5-6)8(12,13)9(14,15)18-10(16,19)17-7/h1-5,17-19H. The predicted octanol–water partition coefficient (Wildman–Crippen LogP) is 3.42. The summed E-state index contributed by atoms with van der Waals surface area (Å²) in [7, 11) is 0. The van der Waals surface area contributed by atoms with Crippen LogP contribution < -0.4 is 10.6 Å². The van der Waals surface area contributed by atoms with E-state index in [1.807, 2.05) is 0 Å². The van der Waals surface area contributed by atoms with Crippen molar-refractivity contribution in [1.29, 1.82) is 0 Å². The van der Waals surface area contributed by atoms with Gasteiger partial charge < -0.3 is 5.11 Å². The first-order valence-electron chi connectivity index (χ1n) is 5.02. The molecule has 1 aromatic carbocycles. The van der Waals surface area contributed by atoms with Gasteiger partial charge in [-0.25, -0.2) is 10.6 Å². The number of aliphatic hydroxyl groups is 1. The molecule has 0 amide bonds. The molecule has 2 rings (SSSR count). The van der Waals surface area contributed by atoms with E-state index >= 15 is 0 Å². The van der Waals surface area contributed by atoms with E-state index in [1.54, 1.807) is 30.3 Å². The molecule has 9 heteroatoms. The number of benzene rings is 1. The predicted molar refractivity (Wildman–Crippen MR) is 79.9 cm³/mol. The van der Waals surface area contributed by atoms with Gasteiger partial charge in [-0.05, 0) is 5.56 Å². The lowest BCUT2D eigenvalue weighted by molar-refractivity contribution is -0.00634. The first-order valence-corrected chi connectivity index (χ1v) is 7.29. The second-order valence-corrected chi connectivity index (χ2v) is 7.81. The van der Waals surface area contributed by atoms with Gasteiger partial charge in [0.05, 0.1) is 0 Å². The fraction of sp³-hybridized carbons (Fsp3) is 0.400. The normalized spacial score (nSPS) is 37.0. The van der Waals surface area contributed by atoms with E-state index in [-0.39, 0.29) is 0 Å². The summed E-state index contributed by atoms with van der Waals surface area (Å²) >= 11 is 36.6. The number of rotatable bonds is 1. The zero-order chi connectivity index (χ0) is 14.5. The van der Waals surface area contributed by atoms with Gasteiger partial charge in [-0.15, -0.1) is 0 Å². The number of hydrogen-bond donors (Lipinski definition) is 3. The highest BCUT2D eigenvalue weighted by Crippen LogP contribution is 2.57. The molecule has 106 valence electrons. The van der Waals surface area contributed by atoms with Crippen molar-refractivity contribution in [3.63, 3.8) is 0 Å². The summed E-state index contributed by atoms with van der Waals surface area (Å²) in [5.74, 6) is 0. The van der Waals surface area contributed by atoms with Crippen LogP contribution in [0.1, 0.15) is 5.56 Å². The Morgan fingerprint density at radius 3 is 1.89 bits per heavy atom. The van der Waals surface area contributed by atoms with Crippen molar-refractivity contribution in [2.45, 2.75) is 19.1 Å². The lowest BCUT2D eigenvalue weighted by Gasteiger charge is -2.53. The minimum atomic E-state index is -2.19. The summed E-state index contributed by atoms with van der Waals surface area (Å²) < 4.78 is -3.94. The van der Waals surface area contributed by atoms with Crippen molar-refractivity contribution >= 4 is 69.6 Å². The van der Waals surface area contributed by atoms with Crippen LogP contribution in [0, 0.1) is 0 Å². The van der Waals surface area contributed by atoms with Crippen molar-refractivity contribution < 1.29 is 5.11 Å². The van der Waals surface area contributed by atoms with Crippen LogP contribution in [0.4, 0.5) is 0 Å². The molecule has 1 saturated heterocycles. The SMILES string of the molecule is OC1(Cl)NC(Cl)(Cl)C(Cl)(Cl)C(Cl)(c2ccccc2)N1. The zero-order valence-electron chi connectivity index (χ0n) is 9.10. The Morgan fingerprint density at radius 1 is 0.842 bits per heavy atom. The van der Waals surface area contributed by atoms with Gasteiger partial charge in [0.2, 0.25) is 8.79 Å². The number of alkyl halides is 6. The summed E-state index contributed by atoms with van der Waals surface area (Å²) in [5.41, 5.74) is 0.438. The first kappa shape index (κ1) is 16.2. The lowest BCUT2D eigenvalue weighted by atomic mass is 10.00. The van der Waals surface area contributed by atoms with Crippen molar-refractivity contribution in [2.24, 2.45) is 0 Å². The van der Waals surface area contributed by atoms with Crippen molar-refractivity contribution in [2.75, 3.05) is 0 Å². The highest BCUT2D eigenvalue weighted by atomic mass is 35.5. The molecular formula is C10H8Cl6N2O. The molecule has 2 atom stereocenters. The number of halogens is 6. The molecule has 1 heterocycles. The minimum Gasteiger partial charge on any atom is -0.350 e. The summed E-state index contributed by atoms with van der Waals surface area (Å²) in [4.78, 5) is -1.72. The van der Waals surface area contributed by atoms with Gasteiger partial charge in [-0.3, -0.25) is 0 Å². The molecule has 1 fully saturated rings. The molecule has 2 unspecified atom stereocenters. The van der Waals surface area contributed by atoms with E-state index < -0.39 is 19.1 Å². The molecule has 0 aliphatic carbocycles. The maximum Gasteiger partial charge on any atom is 0.257 e. The third-order valence-corrected chi connectivity index (χ3v) is 5.91. The van der Waals surface area contributed by atoms with Crippen LogP contribution in [0.5, 0.6) is 0 Å². The van der Waals surface area contributed by atoms with Gasteiger partial charge in [0.1, 0.15) is 0 Å². The van der Waals surface area contributed by atoms with Crippen LogP contribution >= 0.6 is 69.6 Å². The third-order valence-electron chi connectivity index (χ3n) is 2.66. The molecule has 1 aliphatic heterocycles. The largest absolute Gasteiger partial charge is 0.350 e. The smallest absolute Gasteiger partial charge is 0.257 e. The highest BCUT2D eigenvalue weighted by Gasteiger charge is 2.68. The van der Waals surface area contributed by atoms with Crippen molar-refractivity contribution in [3.8, 4) is 0 Å². The van der Waals surface area contributed by atoms with E-state index in [4.69, 9.17) is 69.6 Å². The fourth-order valence-electron chi connectivity index (χ4n) is 1.76. The molecule has 1 aliphatic rings. The van der Waals surface area contributed by atoms with E-state index in [2.05, 4.69) is 10.6 Å². The maximum atomic E-state index is 9.91.